The van der Waals surface area contributed by atoms with E-state index in [1.54, 1.807) is 4.57 Å². The molecule has 1 atom stereocenters. The van der Waals surface area contributed by atoms with Crippen LogP contribution in [0.3, 0.4) is 0 Å². The van der Waals surface area contributed by atoms with Crippen molar-refractivity contribution in [2.45, 2.75) is 45.4 Å². The molecule has 11 rings (SSSR count). The van der Waals surface area contributed by atoms with Gasteiger partial charge in [-0.15, -0.1) is 9.13 Å². The Morgan fingerprint density at radius 1 is 0.717 bits per heavy atom. The molecule has 1 spiro atoms. The summed E-state index contributed by atoms with van der Waals surface area (Å²) in [6.45, 7) is 8.53. The van der Waals surface area contributed by atoms with Crippen molar-refractivity contribution in [1.29, 1.82) is 0 Å². The molecule has 2 aromatic heterocycles. The minimum Gasteiger partial charge on any atom is -0.392 e. The van der Waals surface area contributed by atoms with Gasteiger partial charge in [-0.2, -0.15) is 4.57 Å². The van der Waals surface area contributed by atoms with E-state index < -0.39 is 42.1 Å². The molecule has 0 amide bonds. The number of nitrogens with zero attached hydrogens (tertiary/aromatic N) is 3. The predicted molar refractivity (Wildman–Crippen MR) is 212 cm³/mol. The lowest BCUT2D eigenvalue weighted by atomic mass is 9.80. The molecule has 3 aliphatic rings. The number of hydrogen-bond donors (Lipinski definition) is 0. The highest BCUT2D eigenvalue weighted by molar-refractivity contribution is 5.98. The van der Waals surface area contributed by atoms with Crippen LogP contribution in [-0.4, -0.2) is 4.57 Å². The number of aryl methyl sites for hydroxylation is 1. The molecule has 0 radical (unpaired) electrons. The van der Waals surface area contributed by atoms with Gasteiger partial charge in [0, 0.05) is 23.2 Å². The van der Waals surface area contributed by atoms with Gasteiger partial charge in [0.25, 0.3) is 0 Å². The monoisotopic (exact) mass is 693 g/mol. The Balaban J connectivity index is 1.32. The number of imidazole rings is 1. The molecule has 6 aromatic carbocycles. The van der Waals surface area contributed by atoms with Gasteiger partial charge in [0.1, 0.15) is 23.9 Å². The molecule has 4 nitrogen and oxygen atoms in total. The Bertz CT molecular complexity index is 3270. The van der Waals surface area contributed by atoms with E-state index in [1.807, 2.05) is 36.4 Å². The number of ether oxygens (including phenoxy) is 1. The van der Waals surface area contributed by atoms with Gasteiger partial charge in [0.15, 0.2) is 17.2 Å². The zero-order valence-electron chi connectivity index (χ0n) is 37.8. The molecule has 0 saturated carbocycles. The molecule has 0 bridgehead atoms. The van der Waals surface area contributed by atoms with Crippen molar-refractivity contribution >= 4 is 11.0 Å². The van der Waals surface area contributed by atoms with Crippen LogP contribution < -0.4 is 13.9 Å². The highest BCUT2D eigenvalue weighted by atomic mass is 16.5. The molecule has 53 heavy (non-hydrogen) atoms. The third-order valence-corrected chi connectivity index (χ3v) is 11.1. The SMILES string of the molecule is [2H]c1c([2H])c([2H])c(-c2c([2H])c([2H])[n+]3c(c2[2H])-c2cc(C(C)(C)C)cc4c2C32Oc3ccccc3-c3n(-c5ccc(-c6ccccc6)c(CC)c5)c5cccc-4c5[n+]32)c([2H])c1[2H]. The van der Waals surface area contributed by atoms with Crippen LogP contribution in [0.2, 0.25) is 0 Å². The molecule has 3 aliphatic heterocycles. The van der Waals surface area contributed by atoms with Crippen molar-refractivity contribution in [1.82, 2.24) is 4.57 Å². The standard InChI is InChI=1S/C49H39N3O/c1-5-31-27-36(23-24-37(31)33-17-10-7-11-18-33)51-42-21-14-20-38-40-29-35(48(2,3)4)30-41-43-28-34(32-15-8-6-9-16-32)25-26-50(43)49(45(40)41)52(46(38)42)47(51)39-19-12-13-22-44(39)53-49/h6-30H,5H2,1-4H3/q+2/i6D,8D,9D,15D,16D,25D,26D,28D. The van der Waals surface area contributed by atoms with Crippen molar-refractivity contribution < 1.29 is 24.8 Å². The molecular weight excluding hydrogens is 647 g/mol. The summed E-state index contributed by atoms with van der Waals surface area (Å²) in [6.07, 6.45) is 0.470. The zero-order valence-corrected chi connectivity index (χ0v) is 29.8. The molecule has 5 heterocycles. The van der Waals surface area contributed by atoms with Gasteiger partial charge in [0.05, 0.1) is 15.2 Å². The molecule has 1 unspecified atom stereocenters. The summed E-state index contributed by atoms with van der Waals surface area (Å²) in [4.78, 5) is 0. The van der Waals surface area contributed by atoms with Gasteiger partial charge < -0.3 is 4.74 Å². The third kappa shape index (κ3) is 4.01. The number of benzene rings is 6. The lowest BCUT2D eigenvalue weighted by Gasteiger charge is -2.32. The Kier molecular flexibility index (Phi) is 4.69. The van der Waals surface area contributed by atoms with Gasteiger partial charge >= 0.3 is 11.7 Å². The Morgan fingerprint density at radius 3 is 2.30 bits per heavy atom. The van der Waals surface area contributed by atoms with Gasteiger partial charge in [0.2, 0.25) is 5.69 Å². The fourth-order valence-electron chi connectivity index (χ4n) is 8.67. The first-order valence-electron chi connectivity index (χ1n) is 22.1. The highest BCUT2D eigenvalue weighted by Crippen LogP contribution is 2.54. The Morgan fingerprint density at radius 2 is 1.49 bits per heavy atom. The molecule has 8 aromatic rings. The Hall–Kier alpha value is -6.26. The van der Waals surface area contributed by atoms with Crippen LogP contribution in [0.5, 0.6) is 5.75 Å². The molecule has 0 N–H and O–H groups in total. The van der Waals surface area contributed by atoms with Crippen LogP contribution in [-0.2, 0) is 17.7 Å². The van der Waals surface area contributed by atoms with Crippen LogP contribution in [0.4, 0.5) is 0 Å². The van der Waals surface area contributed by atoms with Gasteiger partial charge in [-0.3, -0.25) is 0 Å². The van der Waals surface area contributed by atoms with Crippen LogP contribution in [0.1, 0.15) is 55.4 Å². The summed E-state index contributed by atoms with van der Waals surface area (Å²) in [5.41, 5.74) is 10.5. The van der Waals surface area contributed by atoms with E-state index >= 15 is 0 Å². The molecule has 4 heteroatoms. The summed E-state index contributed by atoms with van der Waals surface area (Å²) in [6, 6.07) is 31.8. The second-order valence-electron chi connectivity index (χ2n) is 15.1. The first-order chi connectivity index (χ1) is 29.2. The molecular formula is C49H39N3O+2. The summed E-state index contributed by atoms with van der Waals surface area (Å²) in [5, 5.41) is 0. The molecule has 0 aliphatic carbocycles. The van der Waals surface area contributed by atoms with E-state index in [0.717, 1.165) is 62.3 Å². The normalized spacial score (nSPS) is 18.0. The van der Waals surface area contributed by atoms with E-state index in [2.05, 4.69) is 104 Å². The summed E-state index contributed by atoms with van der Waals surface area (Å²) in [7, 11) is 0. The van der Waals surface area contributed by atoms with Gasteiger partial charge in [-0.25, -0.2) is 0 Å². The topological polar surface area (TPSA) is 21.9 Å². The fourth-order valence-corrected chi connectivity index (χ4v) is 8.67. The quantitative estimate of drug-likeness (QED) is 0.168. The van der Waals surface area contributed by atoms with Crippen molar-refractivity contribution in [2.24, 2.45) is 0 Å². The van der Waals surface area contributed by atoms with Crippen LogP contribution in [0.25, 0.3) is 72.7 Å². The molecule has 254 valence electrons. The van der Waals surface area contributed by atoms with E-state index in [4.69, 9.17) is 11.6 Å². The van der Waals surface area contributed by atoms with Crippen molar-refractivity contribution in [3.63, 3.8) is 0 Å². The number of hydrogen-bond acceptors (Lipinski definition) is 1. The second kappa shape index (κ2) is 10.6. The van der Waals surface area contributed by atoms with E-state index in [0.29, 0.717) is 16.9 Å². The van der Waals surface area contributed by atoms with Crippen LogP contribution in [0.15, 0.2) is 152 Å². The Labute approximate surface area is 321 Å². The van der Waals surface area contributed by atoms with Crippen molar-refractivity contribution in [2.75, 3.05) is 0 Å². The number of pyridine rings is 1. The summed E-state index contributed by atoms with van der Waals surface area (Å²) < 4.78 is 86.1. The fraction of sp³-hybridized carbons (Fsp3) is 0.143. The number of fused-ring (bicyclic) bond motifs is 5. The maximum atomic E-state index is 10.0. The van der Waals surface area contributed by atoms with Crippen LogP contribution >= 0.6 is 0 Å². The average Bonchev–Trinajstić information content (AvgIpc) is 3.77. The number of rotatable bonds is 4. The average molecular weight is 694 g/mol. The van der Waals surface area contributed by atoms with Gasteiger partial charge in [-0.05, 0) is 99.8 Å². The minimum atomic E-state index is -1.64. The zero-order chi connectivity index (χ0) is 42.6. The predicted octanol–water partition coefficient (Wildman–Crippen LogP) is 10.6. The maximum absolute atomic E-state index is 10.0. The van der Waals surface area contributed by atoms with E-state index in [-0.39, 0.29) is 34.5 Å². The number of aromatic nitrogens is 3. The highest BCUT2D eigenvalue weighted by Gasteiger charge is 2.68. The largest absolute Gasteiger partial charge is 0.499 e. The molecule has 0 fully saturated rings. The van der Waals surface area contributed by atoms with Crippen molar-refractivity contribution in [3.05, 3.63) is 168 Å². The first-order valence-corrected chi connectivity index (χ1v) is 18.1. The number of para-hydroxylation sites is 2. The lowest BCUT2D eigenvalue weighted by Crippen LogP contribution is -2.78. The van der Waals surface area contributed by atoms with E-state index in [9.17, 15) is 4.11 Å². The first kappa shape index (κ1) is 23.3. The minimum absolute atomic E-state index is 0.203. The maximum Gasteiger partial charge on any atom is 0.499 e. The molecule has 0 saturated heterocycles. The summed E-state index contributed by atoms with van der Waals surface area (Å²) >= 11 is 0. The second-order valence-corrected chi connectivity index (χ2v) is 15.1. The summed E-state index contributed by atoms with van der Waals surface area (Å²) in [5.74, 6) is -0.296. The lowest BCUT2D eigenvalue weighted by molar-refractivity contribution is -0.997. The van der Waals surface area contributed by atoms with Crippen molar-refractivity contribution in [3.8, 4) is 67.5 Å². The third-order valence-electron chi connectivity index (χ3n) is 11.1. The van der Waals surface area contributed by atoms with E-state index in [1.165, 1.54) is 5.56 Å². The van der Waals surface area contributed by atoms with Gasteiger partial charge in [-0.1, -0.05) is 106 Å². The van der Waals surface area contributed by atoms with Crippen LogP contribution in [0, 0.1) is 0 Å². The smallest absolute Gasteiger partial charge is 0.392 e.